The number of carbonyl (C=O) groups excluding carboxylic acids is 15. The molecule has 0 heterocycles. The van der Waals surface area contributed by atoms with Gasteiger partial charge in [0.05, 0.1) is 37.7 Å². The van der Waals surface area contributed by atoms with Crippen molar-refractivity contribution in [2.75, 3.05) is 24.4 Å². The molecule has 0 unspecified atom stereocenters. The quantitative estimate of drug-likeness (QED) is 0.0252. The monoisotopic (exact) mass is 1690 g/mol. The first-order valence-electron chi connectivity index (χ1n) is 37.3. The molecule has 44 nitrogen and oxygen atoms in total. The lowest BCUT2D eigenvalue weighted by Gasteiger charge is -2.30. The van der Waals surface area contributed by atoms with Crippen molar-refractivity contribution in [3.05, 3.63) is 0 Å². The van der Waals surface area contributed by atoms with Gasteiger partial charge in [0.25, 0.3) is 0 Å². The van der Waals surface area contributed by atoms with Gasteiger partial charge >= 0.3 is 29.8 Å². The summed E-state index contributed by atoms with van der Waals surface area (Å²) in [5.41, 5.74) is 11.4. The van der Waals surface area contributed by atoms with E-state index in [0.29, 0.717) is 5.75 Å². The number of aliphatic hydroxyl groups excluding tert-OH is 3. The summed E-state index contributed by atoms with van der Waals surface area (Å²) >= 11 is 5.44. The van der Waals surface area contributed by atoms with Crippen LogP contribution in [0.1, 0.15) is 160 Å². The lowest BCUT2D eigenvalue weighted by atomic mass is 9.97. The first-order valence-corrected chi connectivity index (χ1v) is 39.4. The van der Waals surface area contributed by atoms with Crippen molar-refractivity contribution >= 4 is 143 Å². The van der Waals surface area contributed by atoms with Gasteiger partial charge in [0.15, 0.2) is 6.04 Å². The summed E-state index contributed by atoms with van der Waals surface area (Å²) in [6.45, 7) is 16.1. The molecule has 15 amide bonds. The lowest BCUT2D eigenvalue weighted by Crippen LogP contribution is -2.63. The highest BCUT2D eigenvalue weighted by Gasteiger charge is 2.41. The second kappa shape index (κ2) is 53.2. The van der Waals surface area contributed by atoms with Gasteiger partial charge in [0, 0.05) is 25.0 Å². The number of hydrogen-bond donors (Lipinski definition) is 25. The standard InChI is InChI=1S/C70H118N16O28S2/c1-14-33(10)53(84-64(107)44(27-87)80-63(106)43(26-50(97)98)79-61(104)41(24-30(4)5)76-57(100)37(15-18-46(72)90)74-66(109)51(31(6)7)82-56(99)36(71)21-22-116-13)68(111)75-38(16-19-47(91)92)58(101)78-42(25-49(95)96)62(105)77-40(23-29(2)3)60(103)73-39(17-20-48(93)94)59(102)83-52(32(8)9)67(110)85-54(34(11)88)69(112)81-45(28-115)65(108)86-55(35(12)89)70(113)114/h29-45,51-55,87-89,115H,14-28,71H2,1-13H3,(H2,72,90)(H,73,103)(H,74,109)(H,75,111)(H,76,100)(H,77,105)(H,78,101)(H,79,104)(H,80,106)(H,81,112)(H,82,99)(H,83,102)(H,84,107)(H,85,110)(H,86,108)(H,91,92)(H,93,94)(H,95,96)(H,97,98)(H,113,114)/t33-,34+,35+,36-,37-,38-,39-,40-,41-,42-,43-,44-,45-,51-,52-,53-,54-,55-/m0/s1. The van der Waals surface area contributed by atoms with E-state index in [1.807, 2.05) is 5.32 Å². The van der Waals surface area contributed by atoms with Crippen LogP contribution in [0.15, 0.2) is 0 Å². The molecule has 0 aromatic carbocycles. The van der Waals surface area contributed by atoms with Gasteiger partial charge in [-0.15, -0.1) is 0 Å². The van der Waals surface area contributed by atoms with Crippen molar-refractivity contribution in [1.29, 1.82) is 0 Å². The third kappa shape index (κ3) is 39.5. The van der Waals surface area contributed by atoms with Gasteiger partial charge in [-0.25, -0.2) is 4.79 Å². The highest BCUT2D eigenvalue weighted by molar-refractivity contribution is 7.98. The predicted molar refractivity (Wildman–Crippen MR) is 415 cm³/mol. The van der Waals surface area contributed by atoms with Crippen LogP contribution in [0, 0.1) is 29.6 Å². The number of hydrogen-bond acceptors (Lipinski definition) is 26. The van der Waals surface area contributed by atoms with E-state index in [0.717, 1.165) is 13.8 Å². The minimum atomic E-state index is -2.19. The Kier molecular flexibility index (Phi) is 48.6. The molecule has 0 saturated heterocycles. The van der Waals surface area contributed by atoms with Crippen molar-refractivity contribution < 1.29 is 137 Å². The summed E-state index contributed by atoms with van der Waals surface area (Å²) in [5, 5.41) is 111. The Balaban J connectivity index is 7.12. The molecule has 0 aliphatic heterocycles. The maximum absolute atomic E-state index is 14.4. The molecule has 0 rings (SSSR count). The molecule has 0 radical (unpaired) electrons. The van der Waals surface area contributed by atoms with Crippen LogP contribution >= 0.6 is 24.4 Å². The number of carboxylic acid groups (broad SMARTS) is 5. The third-order valence-corrected chi connectivity index (χ3v) is 18.6. The lowest BCUT2D eigenvalue weighted by molar-refractivity contribution is -0.145. The molecule has 0 saturated carbocycles. The van der Waals surface area contributed by atoms with Crippen LogP contribution in [-0.2, 0) is 95.9 Å². The van der Waals surface area contributed by atoms with Gasteiger partial charge in [0.2, 0.25) is 88.6 Å². The third-order valence-electron chi connectivity index (χ3n) is 17.6. The van der Waals surface area contributed by atoms with Crippen molar-refractivity contribution in [3.63, 3.8) is 0 Å². The summed E-state index contributed by atoms with van der Waals surface area (Å²) in [6.07, 6.45) is -8.40. The average Bonchev–Trinajstić information content (AvgIpc) is 0.850. The number of rotatable bonds is 57. The van der Waals surface area contributed by atoms with E-state index in [-0.39, 0.29) is 25.7 Å². The molecular weight excluding hydrogens is 1580 g/mol. The molecular formula is C70H118N16O28S2. The molecule has 0 bridgehead atoms. The fourth-order valence-corrected chi connectivity index (χ4v) is 11.6. The second-order valence-electron chi connectivity index (χ2n) is 29.3. The Morgan fingerprint density at radius 3 is 1.00 bits per heavy atom. The summed E-state index contributed by atoms with van der Waals surface area (Å²) in [4.78, 5) is 267. The van der Waals surface area contributed by atoms with Gasteiger partial charge in [0.1, 0.15) is 78.5 Å². The molecule has 18 atom stereocenters. The maximum atomic E-state index is 14.4. The fraction of sp³-hybridized carbons (Fsp3) is 0.714. The van der Waals surface area contributed by atoms with Crippen molar-refractivity contribution in [1.82, 2.24) is 74.4 Å². The topological polar surface area (TPSA) is 724 Å². The van der Waals surface area contributed by atoms with Crippen LogP contribution in [-0.4, -0.2) is 287 Å². The van der Waals surface area contributed by atoms with Gasteiger partial charge in [-0.1, -0.05) is 75.7 Å². The smallest absolute Gasteiger partial charge is 0.328 e. The van der Waals surface area contributed by atoms with Gasteiger partial charge in [-0.05, 0) is 94.0 Å². The molecule has 0 spiro atoms. The second-order valence-corrected chi connectivity index (χ2v) is 30.6. The Morgan fingerprint density at radius 1 is 0.353 bits per heavy atom. The number of carbonyl (C=O) groups is 20. The average molecular weight is 1700 g/mol. The van der Waals surface area contributed by atoms with Gasteiger partial charge in [-0.3, -0.25) is 91.1 Å². The minimum Gasteiger partial charge on any atom is -0.481 e. The zero-order valence-corrected chi connectivity index (χ0v) is 68.8. The number of nitrogens with one attached hydrogen (secondary N) is 14. The molecule has 0 aromatic rings. The van der Waals surface area contributed by atoms with Crippen LogP contribution in [0.5, 0.6) is 0 Å². The fourth-order valence-electron chi connectivity index (χ4n) is 10.8. The Morgan fingerprint density at radius 2 is 0.647 bits per heavy atom. The molecule has 658 valence electrons. The predicted octanol–water partition coefficient (Wildman–Crippen LogP) is -6.98. The van der Waals surface area contributed by atoms with Crippen molar-refractivity contribution in [2.45, 2.75) is 263 Å². The van der Waals surface area contributed by atoms with Crippen LogP contribution in [0.2, 0.25) is 0 Å². The molecule has 0 fully saturated rings. The number of thiol groups is 1. The van der Waals surface area contributed by atoms with Crippen LogP contribution in [0.4, 0.5) is 0 Å². The first-order chi connectivity index (χ1) is 53.9. The van der Waals surface area contributed by atoms with Gasteiger partial charge < -0.3 is 127 Å². The minimum absolute atomic E-state index is 0.0289. The number of aliphatic hydroxyl groups is 3. The largest absolute Gasteiger partial charge is 0.481 e. The zero-order valence-electron chi connectivity index (χ0n) is 67.1. The van der Waals surface area contributed by atoms with E-state index < -0.39 is 315 Å². The van der Waals surface area contributed by atoms with E-state index >= 15 is 0 Å². The molecule has 46 heteroatoms. The highest BCUT2D eigenvalue weighted by Crippen LogP contribution is 2.16. The SMILES string of the molecule is CC[C@H](C)[C@H](NC(=O)[C@H](CO)NC(=O)[C@H](CC(=O)O)NC(=O)[C@H](CC(C)C)NC(=O)[C@H](CCC(N)=O)NC(=O)[C@@H](NC(=O)[C@@H](N)CCSC)C(C)C)C(=O)N[C@@H](CCC(=O)O)C(=O)N[C@@H](CC(=O)O)C(=O)N[C@@H](CC(C)C)C(=O)N[C@@H](CCC(=O)O)C(=O)N[C@H](C(=O)N[C@H](C(=O)N[C@@H](CS)C(=O)N[C@H](C(=O)O)[C@@H](C)O)[C@@H](C)O)C(C)C. The van der Waals surface area contributed by atoms with Crippen LogP contribution < -0.4 is 85.9 Å². The molecule has 0 aliphatic rings. The van der Waals surface area contributed by atoms with Crippen LogP contribution in [0.3, 0.4) is 0 Å². The number of primary amides is 1. The molecule has 116 heavy (non-hydrogen) atoms. The number of carboxylic acids is 5. The highest BCUT2D eigenvalue weighted by atomic mass is 32.2. The van der Waals surface area contributed by atoms with E-state index in [1.165, 1.54) is 39.5 Å². The molecule has 26 N–H and O–H groups in total. The van der Waals surface area contributed by atoms with Crippen LogP contribution in [0.25, 0.3) is 0 Å². The number of nitrogens with two attached hydrogens (primary N) is 2. The Labute approximate surface area is 679 Å². The zero-order chi connectivity index (χ0) is 89.5. The molecule has 0 aromatic heterocycles. The number of amides is 15. The summed E-state index contributed by atoms with van der Waals surface area (Å²) < 4.78 is 0. The van der Waals surface area contributed by atoms with Crippen molar-refractivity contribution in [3.8, 4) is 0 Å². The normalized spacial score (nSPS) is 15.9. The molecule has 0 aliphatic carbocycles. The number of thioether (sulfide) groups is 1. The number of aliphatic carboxylic acids is 5. The summed E-state index contributed by atoms with van der Waals surface area (Å²) in [5.74, 6) is -29.1. The van der Waals surface area contributed by atoms with Crippen molar-refractivity contribution in [2.24, 2.45) is 41.1 Å². The Bertz CT molecular complexity index is 3420. The van der Waals surface area contributed by atoms with E-state index in [9.17, 15) is 137 Å². The first kappa shape index (κ1) is 106. The maximum Gasteiger partial charge on any atom is 0.328 e. The van der Waals surface area contributed by atoms with E-state index in [4.69, 9.17) is 11.5 Å². The van der Waals surface area contributed by atoms with E-state index in [2.05, 4.69) is 81.7 Å². The van der Waals surface area contributed by atoms with E-state index in [1.54, 1.807) is 47.8 Å². The van der Waals surface area contributed by atoms with Gasteiger partial charge in [-0.2, -0.15) is 24.4 Å². The Hall–Kier alpha value is -10.1. The summed E-state index contributed by atoms with van der Waals surface area (Å²) in [6, 6.07) is -26.3. The summed E-state index contributed by atoms with van der Waals surface area (Å²) in [7, 11) is 0.